The van der Waals surface area contributed by atoms with Crippen LogP contribution >= 0.6 is 0 Å². The van der Waals surface area contributed by atoms with Gasteiger partial charge < -0.3 is 19.7 Å². The fraction of sp³-hybridized carbons (Fsp3) is 0.533. The highest BCUT2D eigenvalue weighted by atomic mass is 16.6. The van der Waals surface area contributed by atoms with Crippen molar-refractivity contribution in [1.29, 1.82) is 0 Å². The molecule has 4 rings (SSSR count). The smallest absolute Gasteiger partial charge is 0.254 e. The molecule has 2 atom stereocenters. The molecule has 0 aromatic heterocycles. The number of likely N-dealkylation sites (tertiary alicyclic amines) is 1. The van der Waals surface area contributed by atoms with Crippen LogP contribution in [0.1, 0.15) is 10.4 Å². The number of fused-ring (bicyclic) bond motifs is 2. The lowest BCUT2D eigenvalue weighted by atomic mass is 10.0. The lowest BCUT2D eigenvalue weighted by Crippen LogP contribution is -2.32. The Labute approximate surface area is 117 Å². The Bertz CT molecular complexity index is 534. The Morgan fingerprint density at radius 1 is 1.10 bits per heavy atom. The summed E-state index contributed by atoms with van der Waals surface area (Å²) in [5.74, 6) is 2.77. The van der Waals surface area contributed by atoms with Gasteiger partial charge in [0.15, 0.2) is 11.5 Å². The molecule has 0 radical (unpaired) electrons. The van der Waals surface area contributed by atoms with Gasteiger partial charge in [0.2, 0.25) is 0 Å². The van der Waals surface area contributed by atoms with Crippen LogP contribution < -0.4 is 14.8 Å². The second kappa shape index (κ2) is 4.66. The number of nitrogens with one attached hydrogen (secondary N) is 1. The van der Waals surface area contributed by atoms with Crippen LogP contribution in [0.5, 0.6) is 11.5 Å². The molecular formula is C15H18N2O3. The molecular weight excluding hydrogens is 256 g/mol. The van der Waals surface area contributed by atoms with E-state index in [1.54, 1.807) is 0 Å². The minimum Gasteiger partial charge on any atom is -0.486 e. The van der Waals surface area contributed by atoms with Gasteiger partial charge in [0.25, 0.3) is 5.91 Å². The molecule has 3 aliphatic rings. The van der Waals surface area contributed by atoms with E-state index in [1.807, 2.05) is 23.1 Å². The Morgan fingerprint density at radius 3 is 2.55 bits per heavy atom. The molecule has 2 fully saturated rings. The van der Waals surface area contributed by atoms with Crippen molar-refractivity contribution in [1.82, 2.24) is 10.2 Å². The fourth-order valence-electron chi connectivity index (χ4n) is 3.38. The van der Waals surface area contributed by atoms with Crippen molar-refractivity contribution < 1.29 is 14.3 Å². The van der Waals surface area contributed by atoms with E-state index in [9.17, 15) is 4.79 Å². The first-order chi connectivity index (χ1) is 9.81. The molecule has 1 N–H and O–H groups in total. The molecule has 0 aliphatic carbocycles. The summed E-state index contributed by atoms with van der Waals surface area (Å²) in [6, 6.07) is 5.48. The topological polar surface area (TPSA) is 50.8 Å². The Balaban J connectivity index is 1.54. The number of benzene rings is 1. The zero-order chi connectivity index (χ0) is 13.5. The Hall–Kier alpha value is -1.75. The van der Waals surface area contributed by atoms with E-state index in [-0.39, 0.29) is 5.91 Å². The molecule has 20 heavy (non-hydrogen) atoms. The number of carbonyl (C=O) groups is 1. The third kappa shape index (κ3) is 1.93. The lowest BCUT2D eigenvalue weighted by Gasteiger charge is -2.21. The summed E-state index contributed by atoms with van der Waals surface area (Å²) >= 11 is 0. The van der Waals surface area contributed by atoms with Gasteiger partial charge in [-0.15, -0.1) is 0 Å². The largest absolute Gasteiger partial charge is 0.486 e. The van der Waals surface area contributed by atoms with Crippen LogP contribution in [0.3, 0.4) is 0 Å². The zero-order valence-corrected chi connectivity index (χ0v) is 11.3. The minimum absolute atomic E-state index is 0.108. The summed E-state index contributed by atoms with van der Waals surface area (Å²) in [5.41, 5.74) is 0.696. The number of amides is 1. The van der Waals surface area contributed by atoms with Gasteiger partial charge in [0, 0.05) is 31.7 Å². The second-order valence-electron chi connectivity index (χ2n) is 5.75. The summed E-state index contributed by atoms with van der Waals surface area (Å²) in [5, 5.41) is 3.39. The molecule has 3 aliphatic heterocycles. The fourth-order valence-corrected chi connectivity index (χ4v) is 3.38. The van der Waals surface area contributed by atoms with Gasteiger partial charge in [-0.3, -0.25) is 4.79 Å². The van der Waals surface area contributed by atoms with Crippen molar-refractivity contribution in [2.45, 2.75) is 0 Å². The first kappa shape index (κ1) is 12.0. The normalized spacial score (nSPS) is 27.5. The second-order valence-corrected chi connectivity index (χ2v) is 5.75. The van der Waals surface area contributed by atoms with Crippen LogP contribution in [0.4, 0.5) is 0 Å². The molecule has 1 amide bonds. The van der Waals surface area contributed by atoms with Crippen molar-refractivity contribution in [3.8, 4) is 11.5 Å². The van der Waals surface area contributed by atoms with E-state index in [4.69, 9.17) is 9.47 Å². The number of ether oxygens (including phenoxy) is 2. The zero-order valence-electron chi connectivity index (χ0n) is 11.3. The molecule has 0 bridgehead atoms. The van der Waals surface area contributed by atoms with E-state index in [1.165, 1.54) is 0 Å². The highest BCUT2D eigenvalue weighted by Crippen LogP contribution is 2.32. The molecule has 5 nitrogen and oxygen atoms in total. The number of hydrogen-bond acceptors (Lipinski definition) is 4. The molecule has 3 heterocycles. The van der Waals surface area contributed by atoms with Crippen LogP contribution in [-0.4, -0.2) is 50.2 Å². The third-order valence-electron chi connectivity index (χ3n) is 4.47. The Morgan fingerprint density at radius 2 is 1.80 bits per heavy atom. The van der Waals surface area contributed by atoms with Crippen molar-refractivity contribution >= 4 is 5.91 Å². The van der Waals surface area contributed by atoms with Crippen molar-refractivity contribution in [3.63, 3.8) is 0 Å². The number of nitrogens with zero attached hydrogens (tertiary/aromatic N) is 1. The maximum Gasteiger partial charge on any atom is 0.254 e. The summed E-state index contributed by atoms with van der Waals surface area (Å²) in [6.45, 7) is 4.92. The minimum atomic E-state index is 0.108. The molecule has 1 aromatic rings. The molecule has 2 saturated heterocycles. The maximum absolute atomic E-state index is 12.6. The molecule has 106 valence electrons. The van der Waals surface area contributed by atoms with Gasteiger partial charge in [0.05, 0.1) is 0 Å². The van der Waals surface area contributed by atoms with Crippen LogP contribution in [-0.2, 0) is 0 Å². The number of carbonyl (C=O) groups excluding carboxylic acids is 1. The lowest BCUT2D eigenvalue weighted by molar-refractivity contribution is 0.0780. The predicted octanol–water partition coefficient (Wildman–Crippen LogP) is 0.749. The van der Waals surface area contributed by atoms with Crippen LogP contribution in [0.25, 0.3) is 0 Å². The highest BCUT2D eigenvalue weighted by Gasteiger charge is 2.38. The SMILES string of the molecule is O=C(c1ccc2c(c1)OCCO2)N1C[C@H]2CNC[C@H]2C1. The summed E-state index contributed by atoms with van der Waals surface area (Å²) < 4.78 is 11.0. The van der Waals surface area contributed by atoms with Crippen LogP contribution in [0.2, 0.25) is 0 Å². The summed E-state index contributed by atoms with van der Waals surface area (Å²) in [4.78, 5) is 14.5. The molecule has 0 spiro atoms. The number of hydrogen-bond donors (Lipinski definition) is 1. The first-order valence-electron chi connectivity index (χ1n) is 7.21. The molecule has 0 unspecified atom stereocenters. The summed E-state index contributed by atoms with van der Waals surface area (Å²) in [6.07, 6.45) is 0. The van der Waals surface area contributed by atoms with E-state index in [2.05, 4.69) is 5.32 Å². The molecule has 5 heteroatoms. The van der Waals surface area contributed by atoms with Crippen molar-refractivity contribution in [2.75, 3.05) is 39.4 Å². The van der Waals surface area contributed by atoms with Crippen LogP contribution in [0, 0.1) is 11.8 Å². The quantitative estimate of drug-likeness (QED) is 0.821. The van der Waals surface area contributed by atoms with E-state index >= 15 is 0 Å². The van der Waals surface area contributed by atoms with E-state index in [0.717, 1.165) is 31.9 Å². The van der Waals surface area contributed by atoms with Gasteiger partial charge in [-0.05, 0) is 30.0 Å². The van der Waals surface area contributed by atoms with Crippen LogP contribution in [0.15, 0.2) is 18.2 Å². The van der Waals surface area contributed by atoms with Gasteiger partial charge in [-0.25, -0.2) is 0 Å². The van der Waals surface area contributed by atoms with Crippen molar-refractivity contribution in [3.05, 3.63) is 23.8 Å². The average Bonchev–Trinajstić information content (AvgIpc) is 3.07. The Kier molecular flexibility index (Phi) is 2.80. The third-order valence-corrected chi connectivity index (χ3v) is 4.47. The monoisotopic (exact) mass is 274 g/mol. The standard InChI is InChI=1S/C15H18N2O3/c18-15(17-8-11-6-16-7-12(11)9-17)10-1-2-13-14(5-10)20-4-3-19-13/h1-2,5,11-12,16H,3-4,6-9H2/t11-,12+. The highest BCUT2D eigenvalue weighted by molar-refractivity contribution is 5.95. The van der Waals surface area contributed by atoms with Gasteiger partial charge >= 0.3 is 0 Å². The molecule has 1 aromatic carbocycles. The number of rotatable bonds is 1. The predicted molar refractivity (Wildman–Crippen MR) is 73.2 cm³/mol. The van der Waals surface area contributed by atoms with Crippen molar-refractivity contribution in [2.24, 2.45) is 11.8 Å². The van der Waals surface area contributed by atoms with Gasteiger partial charge in [0.1, 0.15) is 13.2 Å². The average molecular weight is 274 g/mol. The van der Waals surface area contributed by atoms with E-state index in [0.29, 0.717) is 36.4 Å². The molecule has 0 saturated carbocycles. The van der Waals surface area contributed by atoms with Gasteiger partial charge in [-0.2, -0.15) is 0 Å². The van der Waals surface area contributed by atoms with Gasteiger partial charge in [-0.1, -0.05) is 0 Å². The van der Waals surface area contributed by atoms with E-state index < -0.39 is 0 Å². The first-order valence-corrected chi connectivity index (χ1v) is 7.21. The summed E-state index contributed by atoms with van der Waals surface area (Å²) in [7, 11) is 0. The maximum atomic E-state index is 12.6.